The molecule has 2 heterocycles. The second kappa shape index (κ2) is 11.7. The van der Waals surface area contributed by atoms with Crippen molar-refractivity contribution in [2.45, 2.75) is 0 Å². The van der Waals surface area contributed by atoms with E-state index in [0.29, 0.717) is 17.5 Å². The summed E-state index contributed by atoms with van der Waals surface area (Å²) in [6.07, 6.45) is 0. The fourth-order valence-electron chi connectivity index (χ4n) is 7.92. The molecule has 0 fully saturated rings. The van der Waals surface area contributed by atoms with Crippen LogP contribution < -0.4 is 0 Å². The van der Waals surface area contributed by atoms with E-state index in [1.54, 1.807) is 0 Å². The van der Waals surface area contributed by atoms with Gasteiger partial charge < -0.3 is 4.42 Å². The maximum absolute atomic E-state index is 6.54. The minimum atomic E-state index is 0.631. The lowest BCUT2D eigenvalue weighted by Crippen LogP contribution is -2.00. The molecule has 0 N–H and O–H groups in total. The summed E-state index contributed by atoms with van der Waals surface area (Å²) >= 11 is 0. The fraction of sp³-hybridized carbons (Fsp3) is 0. The molecule has 0 aliphatic heterocycles. The number of nitrogens with zero attached hydrogens (tertiary/aromatic N) is 3. The molecule has 0 atom stereocenters. The zero-order valence-corrected chi connectivity index (χ0v) is 28.5. The maximum Gasteiger partial charge on any atom is 0.164 e. The van der Waals surface area contributed by atoms with E-state index >= 15 is 0 Å². The average molecular weight is 676 g/mol. The Hall–Kier alpha value is -7.17. The zero-order valence-electron chi connectivity index (χ0n) is 28.5. The van der Waals surface area contributed by atoms with Gasteiger partial charge in [-0.25, -0.2) is 15.0 Å². The number of benzene rings is 9. The number of hydrogen-bond acceptors (Lipinski definition) is 4. The molecule has 53 heavy (non-hydrogen) atoms. The van der Waals surface area contributed by atoms with Gasteiger partial charge in [0.15, 0.2) is 17.5 Å². The van der Waals surface area contributed by atoms with E-state index < -0.39 is 0 Å². The molecule has 0 amide bonds. The Kier molecular flexibility index (Phi) is 6.52. The van der Waals surface area contributed by atoms with E-state index in [-0.39, 0.29) is 0 Å². The third-order valence-electron chi connectivity index (χ3n) is 10.5. The quantitative estimate of drug-likeness (QED) is 0.174. The van der Waals surface area contributed by atoms with Crippen LogP contribution in [0.5, 0.6) is 0 Å². The van der Waals surface area contributed by atoms with E-state index in [2.05, 4.69) is 140 Å². The van der Waals surface area contributed by atoms with E-state index in [9.17, 15) is 0 Å². The van der Waals surface area contributed by atoms with Gasteiger partial charge in [-0.15, -0.1) is 0 Å². The van der Waals surface area contributed by atoms with Crippen molar-refractivity contribution >= 4 is 65.0 Å². The molecule has 0 saturated heterocycles. The van der Waals surface area contributed by atoms with Crippen LogP contribution in [-0.4, -0.2) is 15.0 Å². The summed E-state index contributed by atoms with van der Waals surface area (Å²) in [4.78, 5) is 15.2. The second-order valence-corrected chi connectivity index (χ2v) is 13.6. The highest BCUT2D eigenvalue weighted by Gasteiger charge is 2.18. The third-order valence-corrected chi connectivity index (χ3v) is 10.5. The lowest BCUT2D eigenvalue weighted by molar-refractivity contribution is 0.670. The fourth-order valence-corrected chi connectivity index (χ4v) is 7.92. The van der Waals surface area contributed by atoms with Crippen molar-refractivity contribution in [2.75, 3.05) is 0 Å². The molecule has 2 aromatic heterocycles. The maximum atomic E-state index is 6.54. The Labute approximate surface area is 304 Å². The van der Waals surface area contributed by atoms with Crippen LogP contribution in [0.3, 0.4) is 0 Å². The smallest absolute Gasteiger partial charge is 0.164 e. The van der Waals surface area contributed by atoms with Crippen LogP contribution in [0.4, 0.5) is 0 Å². The van der Waals surface area contributed by atoms with Crippen LogP contribution in [0.2, 0.25) is 0 Å². The Morgan fingerprint density at radius 1 is 0.283 bits per heavy atom. The van der Waals surface area contributed by atoms with Gasteiger partial charge in [-0.05, 0) is 78.5 Å². The molecule has 0 aliphatic carbocycles. The van der Waals surface area contributed by atoms with Crippen LogP contribution in [0, 0.1) is 0 Å². The topological polar surface area (TPSA) is 51.8 Å². The summed E-state index contributed by atoms with van der Waals surface area (Å²) in [7, 11) is 0. The summed E-state index contributed by atoms with van der Waals surface area (Å²) in [6, 6.07) is 61.6. The number of furan rings is 1. The molecule has 0 radical (unpaired) electrons. The van der Waals surface area contributed by atoms with Crippen LogP contribution in [0.25, 0.3) is 110 Å². The van der Waals surface area contributed by atoms with E-state index in [0.717, 1.165) is 60.4 Å². The molecule has 4 heteroatoms. The van der Waals surface area contributed by atoms with Crippen molar-refractivity contribution < 1.29 is 4.42 Å². The molecule has 4 nitrogen and oxygen atoms in total. The van der Waals surface area contributed by atoms with Crippen LogP contribution in [0.1, 0.15) is 0 Å². The first-order chi connectivity index (χ1) is 26.2. The monoisotopic (exact) mass is 675 g/mol. The number of fused-ring (bicyclic) bond motifs is 11. The van der Waals surface area contributed by atoms with Crippen molar-refractivity contribution in [3.63, 3.8) is 0 Å². The Balaban J connectivity index is 1.12. The van der Waals surface area contributed by atoms with Gasteiger partial charge >= 0.3 is 0 Å². The Morgan fingerprint density at radius 2 is 0.774 bits per heavy atom. The van der Waals surface area contributed by atoms with Crippen molar-refractivity contribution in [3.05, 3.63) is 176 Å². The largest absolute Gasteiger partial charge is 0.456 e. The minimum Gasteiger partial charge on any atom is -0.456 e. The van der Waals surface area contributed by atoms with Gasteiger partial charge in [0.25, 0.3) is 0 Å². The van der Waals surface area contributed by atoms with E-state index in [4.69, 9.17) is 19.4 Å². The lowest BCUT2D eigenvalue weighted by atomic mass is 9.92. The molecule has 11 aromatic rings. The summed E-state index contributed by atoms with van der Waals surface area (Å²) in [5, 5.41) is 11.7. The first kappa shape index (κ1) is 29.5. The highest BCUT2D eigenvalue weighted by atomic mass is 16.3. The van der Waals surface area contributed by atoms with Gasteiger partial charge in [-0.2, -0.15) is 0 Å². The van der Waals surface area contributed by atoms with Crippen molar-refractivity contribution in [2.24, 2.45) is 0 Å². The van der Waals surface area contributed by atoms with Crippen LogP contribution in [-0.2, 0) is 0 Å². The van der Waals surface area contributed by atoms with Gasteiger partial charge in [0.1, 0.15) is 11.2 Å². The number of aromatic nitrogens is 3. The molecule has 0 spiro atoms. The van der Waals surface area contributed by atoms with Crippen molar-refractivity contribution in [3.8, 4) is 45.3 Å². The summed E-state index contributed by atoms with van der Waals surface area (Å²) in [6.45, 7) is 0. The first-order valence-electron chi connectivity index (χ1n) is 17.9. The van der Waals surface area contributed by atoms with Gasteiger partial charge in [0.2, 0.25) is 0 Å². The SMILES string of the molecule is c1ccc(-c2ccc(-c3nc(-c4ccccc4)nc(-c4ccc5c(c4)c4ccccc4c4cc6c(cc54)oc4ccc5ccccc5c46)n3)cc2)cc1. The highest BCUT2D eigenvalue weighted by Crippen LogP contribution is 2.42. The average Bonchev–Trinajstić information content (AvgIpc) is 3.62. The zero-order chi connectivity index (χ0) is 34.9. The summed E-state index contributed by atoms with van der Waals surface area (Å²) in [5.41, 5.74) is 6.92. The standard InChI is InChI=1S/C49H29N3O/c1-3-11-30(12-4-1)31-19-21-34(22-20-31)48-50-47(33-14-5-2-6-15-33)51-49(52-48)35-23-25-39-40(27-35)37-17-9-10-18-38(37)41-28-43-45(29-42(39)41)53-44-26-24-32-13-7-8-16-36(32)46(43)44/h1-29H. The van der Waals surface area contributed by atoms with Gasteiger partial charge in [0, 0.05) is 27.5 Å². The molecule has 0 aliphatic rings. The first-order valence-corrected chi connectivity index (χ1v) is 17.9. The van der Waals surface area contributed by atoms with Crippen molar-refractivity contribution in [1.82, 2.24) is 15.0 Å². The molecule has 11 rings (SSSR count). The Bertz CT molecular complexity index is 3200. The molecule has 0 saturated carbocycles. The highest BCUT2D eigenvalue weighted by molar-refractivity contribution is 6.30. The van der Waals surface area contributed by atoms with Gasteiger partial charge in [-0.3, -0.25) is 0 Å². The summed E-state index contributed by atoms with van der Waals surface area (Å²) in [5.74, 6) is 1.91. The minimum absolute atomic E-state index is 0.631. The van der Waals surface area contributed by atoms with Crippen LogP contribution >= 0.6 is 0 Å². The Morgan fingerprint density at radius 3 is 1.49 bits per heavy atom. The number of rotatable bonds is 4. The summed E-state index contributed by atoms with van der Waals surface area (Å²) < 4.78 is 6.54. The van der Waals surface area contributed by atoms with Crippen LogP contribution in [0.15, 0.2) is 180 Å². The van der Waals surface area contributed by atoms with E-state index in [1.165, 1.54) is 32.5 Å². The molecule has 0 bridgehead atoms. The third kappa shape index (κ3) is 4.80. The molecular formula is C49H29N3O. The predicted octanol–water partition coefficient (Wildman–Crippen LogP) is 13.1. The second-order valence-electron chi connectivity index (χ2n) is 13.6. The predicted molar refractivity (Wildman–Crippen MR) is 219 cm³/mol. The number of hydrogen-bond donors (Lipinski definition) is 0. The van der Waals surface area contributed by atoms with Crippen molar-refractivity contribution in [1.29, 1.82) is 0 Å². The van der Waals surface area contributed by atoms with Gasteiger partial charge in [0.05, 0.1) is 0 Å². The van der Waals surface area contributed by atoms with E-state index in [1.807, 2.05) is 36.4 Å². The molecule has 9 aromatic carbocycles. The van der Waals surface area contributed by atoms with Gasteiger partial charge in [-0.1, -0.05) is 152 Å². The molecule has 246 valence electrons. The normalized spacial score (nSPS) is 11.8. The molecule has 0 unspecified atom stereocenters. The molecular weight excluding hydrogens is 647 g/mol. The lowest BCUT2D eigenvalue weighted by Gasteiger charge is -2.13.